The van der Waals surface area contributed by atoms with Gasteiger partial charge in [-0.05, 0) is 12.1 Å². The number of amides is 1. The van der Waals surface area contributed by atoms with Crippen LogP contribution in [0.3, 0.4) is 0 Å². The molecule has 0 saturated carbocycles. The summed E-state index contributed by atoms with van der Waals surface area (Å²) in [6.07, 6.45) is 6.83. The van der Waals surface area contributed by atoms with Crippen molar-refractivity contribution in [3.8, 4) is 0 Å². The van der Waals surface area contributed by atoms with Crippen LogP contribution in [0.4, 0.5) is 5.69 Å². The maximum Gasteiger partial charge on any atom is 0.239 e. The highest BCUT2D eigenvalue weighted by atomic mass is 16.5. The Balaban J connectivity index is 1.75. The molecule has 0 aromatic carbocycles. The number of aromatic nitrogens is 3. The molecule has 1 amide bonds. The molecule has 0 aliphatic heterocycles. The number of rotatable bonds is 8. The topological polar surface area (TPSA) is 81.1 Å². The van der Waals surface area contributed by atoms with Gasteiger partial charge in [0.2, 0.25) is 5.91 Å². The third-order valence-electron chi connectivity index (χ3n) is 2.92. The molecule has 2 N–H and O–H groups in total. The molecule has 0 aliphatic carbocycles. The molecule has 7 heteroatoms. The van der Waals surface area contributed by atoms with Crippen LogP contribution in [-0.2, 0) is 22.6 Å². The standard InChI is InChI=1S/C14H19N5O2/c1-21-6-5-19-11-16-8-13(19)9-18-14(20)10-17-12-3-2-4-15-7-12/h2-4,7-8,11,17H,5-6,9-10H2,1H3,(H,18,20). The van der Waals surface area contributed by atoms with Crippen LogP contribution >= 0.6 is 0 Å². The average molecular weight is 289 g/mol. The van der Waals surface area contributed by atoms with Crippen molar-refractivity contribution in [1.29, 1.82) is 0 Å². The van der Waals surface area contributed by atoms with E-state index in [-0.39, 0.29) is 12.5 Å². The monoisotopic (exact) mass is 289 g/mol. The van der Waals surface area contributed by atoms with Gasteiger partial charge in [0.05, 0.1) is 37.4 Å². The lowest BCUT2D eigenvalue weighted by atomic mass is 10.4. The first kappa shape index (κ1) is 15.0. The average Bonchev–Trinajstić information content (AvgIpc) is 2.97. The van der Waals surface area contributed by atoms with Crippen LogP contribution in [0, 0.1) is 0 Å². The molecule has 0 aliphatic rings. The number of hydrogen-bond acceptors (Lipinski definition) is 5. The predicted octanol–water partition coefficient (Wildman–Crippen LogP) is 0.653. The first-order chi connectivity index (χ1) is 10.3. The molecule has 0 fully saturated rings. The molecule has 2 aromatic rings. The molecule has 0 unspecified atom stereocenters. The summed E-state index contributed by atoms with van der Waals surface area (Å²) in [7, 11) is 1.66. The van der Waals surface area contributed by atoms with E-state index in [0.717, 1.165) is 17.9 Å². The van der Waals surface area contributed by atoms with Gasteiger partial charge in [-0.1, -0.05) is 0 Å². The molecule has 0 saturated heterocycles. The number of carbonyl (C=O) groups is 1. The van der Waals surface area contributed by atoms with Crippen LogP contribution in [-0.4, -0.2) is 40.7 Å². The van der Waals surface area contributed by atoms with Gasteiger partial charge in [0.1, 0.15) is 0 Å². The molecule has 0 atom stereocenters. The Morgan fingerprint density at radius 1 is 1.38 bits per heavy atom. The summed E-state index contributed by atoms with van der Waals surface area (Å²) in [6.45, 7) is 1.98. The summed E-state index contributed by atoms with van der Waals surface area (Å²) < 4.78 is 6.99. The molecule has 2 heterocycles. The van der Waals surface area contributed by atoms with E-state index in [1.165, 1.54) is 0 Å². The van der Waals surface area contributed by atoms with E-state index in [4.69, 9.17) is 4.74 Å². The second-order valence-corrected chi connectivity index (χ2v) is 4.44. The van der Waals surface area contributed by atoms with Gasteiger partial charge < -0.3 is 19.9 Å². The molecule has 2 rings (SSSR count). The first-order valence-corrected chi connectivity index (χ1v) is 6.68. The fourth-order valence-electron chi connectivity index (χ4n) is 1.79. The van der Waals surface area contributed by atoms with Crippen LogP contribution < -0.4 is 10.6 Å². The molecule has 0 bridgehead atoms. The van der Waals surface area contributed by atoms with Gasteiger partial charge in [0.25, 0.3) is 0 Å². The number of methoxy groups -OCH3 is 1. The molecule has 7 nitrogen and oxygen atoms in total. The van der Waals surface area contributed by atoms with E-state index in [9.17, 15) is 4.79 Å². The summed E-state index contributed by atoms with van der Waals surface area (Å²) >= 11 is 0. The van der Waals surface area contributed by atoms with Crippen molar-refractivity contribution in [2.75, 3.05) is 25.6 Å². The Hall–Kier alpha value is -2.41. The van der Waals surface area contributed by atoms with Crippen molar-refractivity contribution in [2.24, 2.45) is 0 Å². The third kappa shape index (κ3) is 4.88. The minimum absolute atomic E-state index is 0.0849. The summed E-state index contributed by atoms with van der Waals surface area (Å²) in [4.78, 5) is 19.8. The molecule has 112 valence electrons. The highest BCUT2D eigenvalue weighted by molar-refractivity contribution is 5.80. The number of hydrogen-bond donors (Lipinski definition) is 2. The fraction of sp³-hybridized carbons (Fsp3) is 0.357. The van der Waals surface area contributed by atoms with E-state index in [2.05, 4.69) is 20.6 Å². The highest BCUT2D eigenvalue weighted by Crippen LogP contribution is 2.02. The number of carbonyl (C=O) groups excluding carboxylic acids is 1. The van der Waals surface area contributed by atoms with E-state index >= 15 is 0 Å². The Morgan fingerprint density at radius 2 is 2.29 bits per heavy atom. The Labute approximate surface area is 123 Å². The molecular weight excluding hydrogens is 270 g/mol. The minimum Gasteiger partial charge on any atom is -0.383 e. The van der Waals surface area contributed by atoms with Gasteiger partial charge in [-0.3, -0.25) is 9.78 Å². The number of nitrogens with one attached hydrogen (secondary N) is 2. The SMILES string of the molecule is COCCn1cncc1CNC(=O)CNc1cccnc1. The predicted molar refractivity (Wildman–Crippen MR) is 78.7 cm³/mol. The second kappa shape index (κ2) is 8.01. The van der Waals surface area contributed by atoms with Crippen LogP contribution in [0.25, 0.3) is 0 Å². The molecular formula is C14H19N5O2. The number of pyridine rings is 1. The van der Waals surface area contributed by atoms with E-state index < -0.39 is 0 Å². The van der Waals surface area contributed by atoms with Crippen LogP contribution in [0.5, 0.6) is 0 Å². The lowest BCUT2D eigenvalue weighted by Gasteiger charge is -2.09. The third-order valence-corrected chi connectivity index (χ3v) is 2.92. The molecule has 21 heavy (non-hydrogen) atoms. The van der Waals surface area contributed by atoms with Gasteiger partial charge in [-0.15, -0.1) is 0 Å². The van der Waals surface area contributed by atoms with E-state index in [0.29, 0.717) is 13.2 Å². The number of nitrogens with zero attached hydrogens (tertiary/aromatic N) is 3. The highest BCUT2D eigenvalue weighted by Gasteiger charge is 2.05. The zero-order valence-electron chi connectivity index (χ0n) is 12.0. The van der Waals surface area contributed by atoms with Crippen molar-refractivity contribution in [3.63, 3.8) is 0 Å². The van der Waals surface area contributed by atoms with E-state index in [1.807, 2.05) is 16.7 Å². The fourth-order valence-corrected chi connectivity index (χ4v) is 1.79. The summed E-state index contributed by atoms with van der Waals surface area (Å²) in [5.74, 6) is -0.0849. The normalized spacial score (nSPS) is 10.3. The van der Waals surface area contributed by atoms with Crippen molar-refractivity contribution < 1.29 is 9.53 Å². The quantitative estimate of drug-likeness (QED) is 0.746. The largest absolute Gasteiger partial charge is 0.383 e. The zero-order valence-corrected chi connectivity index (χ0v) is 12.0. The lowest BCUT2D eigenvalue weighted by Crippen LogP contribution is -2.30. The zero-order chi connectivity index (χ0) is 14.9. The summed E-state index contributed by atoms with van der Waals surface area (Å²) in [6, 6.07) is 3.68. The Bertz CT molecular complexity index is 556. The van der Waals surface area contributed by atoms with Crippen molar-refractivity contribution >= 4 is 11.6 Å². The van der Waals surface area contributed by atoms with Crippen molar-refractivity contribution in [1.82, 2.24) is 19.9 Å². The van der Waals surface area contributed by atoms with Crippen molar-refractivity contribution in [3.05, 3.63) is 42.7 Å². The van der Waals surface area contributed by atoms with Gasteiger partial charge >= 0.3 is 0 Å². The van der Waals surface area contributed by atoms with Gasteiger partial charge in [0, 0.05) is 32.2 Å². The van der Waals surface area contributed by atoms with Crippen LogP contribution in [0.2, 0.25) is 0 Å². The van der Waals surface area contributed by atoms with Gasteiger partial charge in [-0.25, -0.2) is 4.98 Å². The lowest BCUT2D eigenvalue weighted by molar-refractivity contribution is -0.119. The maximum atomic E-state index is 11.8. The van der Waals surface area contributed by atoms with E-state index in [1.54, 1.807) is 32.0 Å². The Kier molecular flexibility index (Phi) is 5.71. The van der Waals surface area contributed by atoms with Crippen LogP contribution in [0.15, 0.2) is 37.1 Å². The molecule has 0 radical (unpaired) electrons. The van der Waals surface area contributed by atoms with Gasteiger partial charge in [-0.2, -0.15) is 0 Å². The summed E-state index contributed by atoms with van der Waals surface area (Å²) in [5.41, 5.74) is 1.76. The maximum absolute atomic E-state index is 11.8. The Morgan fingerprint density at radius 3 is 3.05 bits per heavy atom. The second-order valence-electron chi connectivity index (χ2n) is 4.44. The number of ether oxygens (including phenoxy) is 1. The number of anilines is 1. The van der Waals surface area contributed by atoms with Crippen LogP contribution in [0.1, 0.15) is 5.69 Å². The molecule has 0 spiro atoms. The summed E-state index contributed by atoms with van der Waals surface area (Å²) in [5, 5.41) is 5.86. The minimum atomic E-state index is -0.0849. The number of imidazole rings is 1. The van der Waals surface area contributed by atoms with Crippen molar-refractivity contribution in [2.45, 2.75) is 13.1 Å². The molecule has 2 aromatic heterocycles. The van der Waals surface area contributed by atoms with Gasteiger partial charge in [0.15, 0.2) is 0 Å². The smallest absolute Gasteiger partial charge is 0.239 e. The first-order valence-electron chi connectivity index (χ1n) is 6.68.